The normalized spacial score (nSPS) is 21.4. The molecule has 2 heteroatoms. The van der Waals surface area contributed by atoms with E-state index in [1.165, 1.54) is 44.9 Å². The van der Waals surface area contributed by atoms with Crippen molar-refractivity contribution in [1.29, 1.82) is 0 Å². The van der Waals surface area contributed by atoms with Crippen molar-refractivity contribution in [1.82, 2.24) is 0 Å². The average molecular weight is 242 g/mol. The molecule has 0 amide bonds. The lowest BCUT2D eigenvalue weighted by Crippen LogP contribution is -2.29. The molecule has 2 unspecified atom stereocenters. The number of hydrogen-bond donors (Lipinski definition) is 0. The van der Waals surface area contributed by atoms with Gasteiger partial charge < -0.3 is 9.47 Å². The molecule has 0 spiro atoms. The molecule has 0 heterocycles. The fourth-order valence-corrected chi connectivity index (χ4v) is 3.22. The maximum absolute atomic E-state index is 5.67. The standard InChI is InChI=1S/C15H30O2/c1-4-8-15(17-3)14(12-16-2)11-13-9-6-5-7-10-13/h13-15H,4-12H2,1-3H3. The highest BCUT2D eigenvalue weighted by Crippen LogP contribution is 2.31. The fraction of sp³-hybridized carbons (Fsp3) is 1.00. The van der Waals surface area contributed by atoms with E-state index in [9.17, 15) is 0 Å². The van der Waals surface area contributed by atoms with Crippen LogP contribution in [0.4, 0.5) is 0 Å². The van der Waals surface area contributed by atoms with Crippen molar-refractivity contribution in [2.45, 2.75) is 64.4 Å². The van der Waals surface area contributed by atoms with Gasteiger partial charge in [0.05, 0.1) is 12.7 Å². The molecule has 0 radical (unpaired) electrons. The van der Waals surface area contributed by atoms with Gasteiger partial charge >= 0.3 is 0 Å². The predicted octanol–water partition coefficient (Wildman–Crippen LogP) is 4.03. The molecule has 1 aliphatic rings. The molecule has 1 rings (SSSR count). The van der Waals surface area contributed by atoms with E-state index < -0.39 is 0 Å². The van der Waals surface area contributed by atoms with Crippen molar-refractivity contribution in [2.24, 2.45) is 11.8 Å². The first-order valence-electron chi connectivity index (χ1n) is 7.33. The van der Waals surface area contributed by atoms with E-state index in [0.717, 1.165) is 18.9 Å². The smallest absolute Gasteiger partial charge is 0.0621 e. The maximum atomic E-state index is 5.67. The fourth-order valence-electron chi connectivity index (χ4n) is 3.22. The third-order valence-corrected chi connectivity index (χ3v) is 4.14. The molecule has 2 atom stereocenters. The Bertz CT molecular complexity index is 176. The number of methoxy groups -OCH3 is 2. The molecule has 2 nitrogen and oxygen atoms in total. The van der Waals surface area contributed by atoms with Crippen LogP contribution in [-0.2, 0) is 9.47 Å². The molecule has 0 aromatic heterocycles. The van der Waals surface area contributed by atoms with Crippen molar-refractivity contribution in [3.8, 4) is 0 Å². The average Bonchev–Trinajstić information content (AvgIpc) is 2.37. The third-order valence-electron chi connectivity index (χ3n) is 4.14. The van der Waals surface area contributed by atoms with Crippen LogP contribution >= 0.6 is 0 Å². The minimum atomic E-state index is 0.391. The maximum Gasteiger partial charge on any atom is 0.0621 e. The van der Waals surface area contributed by atoms with Crippen molar-refractivity contribution in [3.63, 3.8) is 0 Å². The molecule has 0 bridgehead atoms. The second-order valence-corrected chi connectivity index (χ2v) is 5.52. The van der Waals surface area contributed by atoms with E-state index in [4.69, 9.17) is 9.47 Å². The van der Waals surface area contributed by atoms with Gasteiger partial charge in [-0.3, -0.25) is 0 Å². The Balaban J connectivity index is 2.44. The van der Waals surface area contributed by atoms with Crippen LogP contribution in [0.5, 0.6) is 0 Å². The second kappa shape index (κ2) is 8.93. The van der Waals surface area contributed by atoms with Crippen LogP contribution in [0, 0.1) is 11.8 Å². The SMILES string of the molecule is CCCC(OC)C(COC)CC1CCCCC1. The van der Waals surface area contributed by atoms with Gasteiger partial charge in [0, 0.05) is 20.1 Å². The van der Waals surface area contributed by atoms with Crippen LogP contribution < -0.4 is 0 Å². The molecule has 1 aliphatic carbocycles. The summed E-state index contributed by atoms with van der Waals surface area (Å²) in [5.41, 5.74) is 0. The molecule has 0 aliphatic heterocycles. The molecule has 102 valence electrons. The van der Waals surface area contributed by atoms with Crippen molar-refractivity contribution in [3.05, 3.63) is 0 Å². The van der Waals surface area contributed by atoms with Crippen molar-refractivity contribution in [2.75, 3.05) is 20.8 Å². The Morgan fingerprint density at radius 3 is 2.35 bits per heavy atom. The molecule has 0 aromatic rings. The molecule has 0 N–H and O–H groups in total. The Kier molecular flexibility index (Phi) is 7.87. The molecule has 1 saturated carbocycles. The second-order valence-electron chi connectivity index (χ2n) is 5.52. The van der Waals surface area contributed by atoms with E-state index in [2.05, 4.69) is 6.92 Å². The van der Waals surface area contributed by atoms with Crippen LogP contribution in [0.25, 0.3) is 0 Å². The van der Waals surface area contributed by atoms with E-state index in [1.807, 2.05) is 14.2 Å². The van der Waals surface area contributed by atoms with Gasteiger partial charge in [-0.2, -0.15) is 0 Å². The Morgan fingerprint density at radius 1 is 1.12 bits per heavy atom. The largest absolute Gasteiger partial charge is 0.384 e. The van der Waals surface area contributed by atoms with Crippen LogP contribution in [0.2, 0.25) is 0 Å². The first-order chi connectivity index (χ1) is 8.31. The van der Waals surface area contributed by atoms with Crippen LogP contribution in [-0.4, -0.2) is 26.9 Å². The van der Waals surface area contributed by atoms with Crippen LogP contribution in [0.1, 0.15) is 58.3 Å². The zero-order valence-corrected chi connectivity index (χ0v) is 11.9. The molecule has 0 aromatic carbocycles. The summed E-state index contributed by atoms with van der Waals surface area (Å²) in [7, 11) is 3.66. The van der Waals surface area contributed by atoms with Crippen molar-refractivity contribution < 1.29 is 9.47 Å². The van der Waals surface area contributed by atoms with Gasteiger partial charge in [-0.25, -0.2) is 0 Å². The lowest BCUT2D eigenvalue weighted by atomic mass is 9.80. The topological polar surface area (TPSA) is 18.5 Å². The first kappa shape index (κ1) is 15.0. The summed E-state index contributed by atoms with van der Waals surface area (Å²) in [5, 5.41) is 0. The summed E-state index contributed by atoms with van der Waals surface area (Å²) in [6.07, 6.45) is 11.2. The van der Waals surface area contributed by atoms with Crippen LogP contribution in [0.15, 0.2) is 0 Å². The minimum Gasteiger partial charge on any atom is -0.384 e. The van der Waals surface area contributed by atoms with Crippen LogP contribution in [0.3, 0.4) is 0 Å². The highest BCUT2D eigenvalue weighted by molar-refractivity contribution is 4.76. The van der Waals surface area contributed by atoms with Gasteiger partial charge in [0.1, 0.15) is 0 Å². The monoisotopic (exact) mass is 242 g/mol. The highest BCUT2D eigenvalue weighted by atomic mass is 16.5. The molecule has 1 fully saturated rings. The lowest BCUT2D eigenvalue weighted by molar-refractivity contribution is -0.00306. The van der Waals surface area contributed by atoms with Gasteiger partial charge in [0.2, 0.25) is 0 Å². The Morgan fingerprint density at radius 2 is 1.82 bits per heavy atom. The quantitative estimate of drug-likeness (QED) is 0.639. The van der Waals surface area contributed by atoms with Gasteiger partial charge in [-0.15, -0.1) is 0 Å². The van der Waals surface area contributed by atoms with Gasteiger partial charge in [-0.1, -0.05) is 45.4 Å². The molecule has 17 heavy (non-hydrogen) atoms. The summed E-state index contributed by atoms with van der Waals surface area (Å²) in [6, 6.07) is 0. The first-order valence-corrected chi connectivity index (χ1v) is 7.33. The highest BCUT2D eigenvalue weighted by Gasteiger charge is 2.25. The van der Waals surface area contributed by atoms with E-state index >= 15 is 0 Å². The summed E-state index contributed by atoms with van der Waals surface area (Å²) < 4.78 is 11.1. The zero-order chi connectivity index (χ0) is 12.5. The number of hydrogen-bond acceptors (Lipinski definition) is 2. The van der Waals surface area contributed by atoms with Crippen molar-refractivity contribution >= 4 is 0 Å². The number of ether oxygens (including phenoxy) is 2. The predicted molar refractivity (Wildman–Crippen MR) is 72.3 cm³/mol. The minimum absolute atomic E-state index is 0.391. The Hall–Kier alpha value is -0.0800. The number of rotatable bonds is 8. The summed E-state index contributed by atoms with van der Waals surface area (Å²) >= 11 is 0. The Labute approximate surface area is 107 Å². The molecule has 0 saturated heterocycles. The van der Waals surface area contributed by atoms with E-state index in [1.54, 1.807) is 0 Å². The lowest BCUT2D eigenvalue weighted by Gasteiger charge is -2.30. The van der Waals surface area contributed by atoms with Gasteiger partial charge in [-0.05, 0) is 18.8 Å². The zero-order valence-electron chi connectivity index (χ0n) is 11.9. The third kappa shape index (κ3) is 5.39. The summed E-state index contributed by atoms with van der Waals surface area (Å²) in [6.45, 7) is 3.09. The summed E-state index contributed by atoms with van der Waals surface area (Å²) in [5.74, 6) is 1.51. The van der Waals surface area contributed by atoms with E-state index in [-0.39, 0.29) is 0 Å². The summed E-state index contributed by atoms with van der Waals surface area (Å²) in [4.78, 5) is 0. The molecular weight excluding hydrogens is 212 g/mol. The van der Waals surface area contributed by atoms with Gasteiger partial charge in [0.15, 0.2) is 0 Å². The molecular formula is C15H30O2. The van der Waals surface area contributed by atoms with E-state index in [0.29, 0.717) is 12.0 Å². The van der Waals surface area contributed by atoms with Gasteiger partial charge in [0.25, 0.3) is 0 Å².